The molecule has 74 valence electrons. The second kappa shape index (κ2) is 4.46. The molecule has 0 amide bonds. The van der Waals surface area contributed by atoms with E-state index in [0.717, 1.165) is 17.6 Å². The minimum atomic E-state index is 0.260. The number of benzene rings is 1. The van der Waals surface area contributed by atoms with Gasteiger partial charge in [-0.2, -0.15) is 0 Å². The lowest BCUT2D eigenvalue weighted by molar-refractivity contribution is -0.103. The Hall–Kier alpha value is -1.77. The smallest absolute Gasteiger partial charge is 0.153 e. The van der Waals surface area contributed by atoms with Crippen molar-refractivity contribution in [2.24, 2.45) is 0 Å². The molecule has 0 bridgehead atoms. The molecule has 0 aromatic heterocycles. The van der Waals surface area contributed by atoms with E-state index >= 15 is 0 Å². The predicted octanol–water partition coefficient (Wildman–Crippen LogP) is 2.10. The molecule has 3 heteroatoms. The second-order valence-corrected chi connectivity index (χ2v) is 2.89. The number of ether oxygens (including phenoxy) is 1. The van der Waals surface area contributed by atoms with Crippen LogP contribution in [0.25, 0.3) is 5.57 Å². The number of carbonyl (C=O) groups is 1. The Morgan fingerprint density at radius 2 is 2.21 bits per heavy atom. The molecular weight excluding hydrogens is 180 g/mol. The van der Waals surface area contributed by atoms with E-state index in [1.54, 1.807) is 25.3 Å². The van der Waals surface area contributed by atoms with Crippen LogP contribution in [0.1, 0.15) is 11.1 Å². The van der Waals surface area contributed by atoms with E-state index in [0.29, 0.717) is 11.8 Å². The van der Waals surface area contributed by atoms with Crippen molar-refractivity contribution in [2.45, 2.75) is 6.92 Å². The molecule has 0 spiro atoms. The van der Waals surface area contributed by atoms with Gasteiger partial charge in [0.05, 0.1) is 18.9 Å². The van der Waals surface area contributed by atoms with Gasteiger partial charge in [-0.15, -0.1) is 0 Å². The third-order valence-corrected chi connectivity index (χ3v) is 1.99. The predicted molar refractivity (Wildman–Crippen MR) is 54.4 cm³/mol. The second-order valence-electron chi connectivity index (χ2n) is 2.89. The largest absolute Gasteiger partial charge is 0.515 e. The van der Waals surface area contributed by atoms with E-state index < -0.39 is 0 Å². The summed E-state index contributed by atoms with van der Waals surface area (Å²) in [5.74, 6) is 0.761. The van der Waals surface area contributed by atoms with E-state index in [1.165, 1.54) is 0 Å². The van der Waals surface area contributed by atoms with Gasteiger partial charge in [-0.1, -0.05) is 6.07 Å². The topological polar surface area (TPSA) is 46.5 Å². The van der Waals surface area contributed by atoms with E-state index in [2.05, 4.69) is 0 Å². The quantitative estimate of drug-likeness (QED) is 0.453. The molecule has 0 saturated heterocycles. The molecule has 0 atom stereocenters. The van der Waals surface area contributed by atoms with E-state index in [-0.39, 0.29) is 5.57 Å². The van der Waals surface area contributed by atoms with Crippen molar-refractivity contribution in [1.82, 2.24) is 0 Å². The van der Waals surface area contributed by atoms with Crippen LogP contribution in [0, 0.1) is 6.92 Å². The minimum absolute atomic E-state index is 0.260. The SMILES string of the molecule is COc1ccc(/C(C=O)=C/O)cc1C. The van der Waals surface area contributed by atoms with Gasteiger partial charge >= 0.3 is 0 Å². The third-order valence-electron chi connectivity index (χ3n) is 1.99. The van der Waals surface area contributed by atoms with Gasteiger partial charge in [-0.3, -0.25) is 4.79 Å². The highest BCUT2D eigenvalue weighted by molar-refractivity contribution is 6.06. The standard InChI is InChI=1S/C11H12O3/c1-8-5-9(10(6-12)7-13)3-4-11(8)14-2/h3-7,12H,1-2H3/b10-6+. The van der Waals surface area contributed by atoms with Gasteiger partial charge in [0.2, 0.25) is 0 Å². The number of hydrogen-bond acceptors (Lipinski definition) is 3. The molecule has 1 aromatic carbocycles. The van der Waals surface area contributed by atoms with Gasteiger partial charge in [0.1, 0.15) is 5.75 Å². The van der Waals surface area contributed by atoms with Crippen molar-refractivity contribution in [3.8, 4) is 5.75 Å². The molecule has 14 heavy (non-hydrogen) atoms. The highest BCUT2D eigenvalue weighted by Crippen LogP contribution is 2.21. The van der Waals surface area contributed by atoms with Crippen LogP contribution in [0.15, 0.2) is 24.5 Å². The van der Waals surface area contributed by atoms with E-state index in [4.69, 9.17) is 9.84 Å². The average molecular weight is 192 g/mol. The molecular formula is C11H12O3. The van der Waals surface area contributed by atoms with E-state index in [1.807, 2.05) is 6.92 Å². The Bertz CT molecular complexity index is 367. The van der Waals surface area contributed by atoms with Crippen molar-refractivity contribution >= 4 is 11.9 Å². The lowest BCUT2D eigenvalue weighted by Crippen LogP contribution is -1.91. The fraction of sp³-hybridized carbons (Fsp3) is 0.182. The van der Waals surface area contributed by atoms with Crippen LogP contribution in [0.2, 0.25) is 0 Å². The van der Waals surface area contributed by atoms with Crippen LogP contribution in [-0.4, -0.2) is 18.5 Å². The summed E-state index contributed by atoms with van der Waals surface area (Å²) < 4.78 is 5.08. The van der Waals surface area contributed by atoms with Gasteiger partial charge in [0, 0.05) is 0 Å². The summed E-state index contributed by atoms with van der Waals surface area (Å²) >= 11 is 0. The first kappa shape index (κ1) is 10.3. The Balaban J connectivity index is 3.14. The summed E-state index contributed by atoms with van der Waals surface area (Å²) in [5.41, 5.74) is 1.86. The number of carbonyl (C=O) groups excluding carboxylic acids is 1. The number of aryl methyl sites for hydroxylation is 1. The molecule has 1 aromatic rings. The first-order valence-electron chi connectivity index (χ1n) is 4.17. The van der Waals surface area contributed by atoms with Crippen molar-refractivity contribution in [2.75, 3.05) is 7.11 Å². The van der Waals surface area contributed by atoms with Crippen molar-refractivity contribution in [1.29, 1.82) is 0 Å². The maximum absolute atomic E-state index is 10.5. The summed E-state index contributed by atoms with van der Waals surface area (Å²) in [4.78, 5) is 10.5. The first-order valence-corrected chi connectivity index (χ1v) is 4.17. The zero-order valence-corrected chi connectivity index (χ0v) is 8.15. The highest BCUT2D eigenvalue weighted by Gasteiger charge is 2.03. The van der Waals surface area contributed by atoms with Gasteiger partial charge < -0.3 is 9.84 Å². The summed E-state index contributed by atoms with van der Waals surface area (Å²) in [6.07, 6.45) is 1.41. The Kier molecular flexibility index (Phi) is 3.29. The van der Waals surface area contributed by atoms with Gasteiger partial charge in [0.15, 0.2) is 6.29 Å². The normalized spacial score (nSPS) is 11.1. The molecule has 0 saturated carbocycles. The number of aldehydes is 1. The Morgan fingerprint density at radius 3 is 2.64 bits per heavy atom. The molecule has 1 rings (SSSR count). The minimum Gasteiger partial charge on any atom is -0.515 e. The monoisotopic (exact) mass is 192 g/mol. The third kappa shape index (κ3) is 1.93. The molecule has 0 radical (unpaired) electrons. The number of aliphatic hydroxyl groups is 1. The molecule has 1 N–H and O–H groups in total. The molecule has 0 unspecified atom stereocenters. The number of hydrogen-bond donors (Lipinski definition) is 1. The molecule has 0 aliphatic carbocycles. The van der Waals surface area contributed by atoms with Crippen LogP contribution < -0.4 is 4.74 Å². The van der Waals surface area contributed by atoms with Gasteiger partial charge in [-0.05, 0) is 30.2 Å². The fourth-order valence-electron chi connectivity index (χ4n) is 1.23. The fourth-order valence-corrected chi connectivity index (χ4v) is 1.23. The number of rotatable bonds is 3. The van der Waals surface area contributed by atoms with Crippen LogP contribution in [0.3, 0.4) is 0 Å². The van der Waals surface area contributed by atoms with Crippen molar-refractivity contribution in [3.05, 3.63) is 35.6 Å². The highest BCUT2D eigenvalue weighted by atomic mass is 16.5. The Labute approximate surface area is 82.6 Å². The van der Waals surface area contributed by atoms with Crippen LogP contribution in [0.5, 0.6) is 5.75 Å². The molecule has 0 aliphatic rings. The first-order chi connectivity index (χ1) is 6.72. The number of allylic oxidation sites excluding steroid dienone is 1. The number of methoxy groups -OCH3 is 1. The maximum atomic E-state index is 10.5. The van der Waals surface area contributed by atoms with Crippen molar-refractivity contribution in [3.63, 3.8) is 0 Å². The average Bonchev–Trinajstić information content (AvgIpc) is 2.20. The summed E-state index contributed by atoms with van der Waals surface area (Å²) in [6.45, 7) is 1.88. The lowest BCUT2D eigenvalue weighted by Gasteiger charge is -2.06. The zero-order valence-electron chi connectivity index (χ0n) is 8.15. The van der Waals surface area contributed by atoms with Crippen LogP contribution in [0.4, 0.5) is 0 Å². The molecule has 0 aliphatic heterocycles. The maximum Gasteiger partial charge on any atom is 0.153 e. The summed E-state index contributed by atoms with van der Waals surface area (Å²) in [5, 5.41) is 8.77. The van der Waals surface area contributed by atoms with Crippen LogP contribution in [-0.2, 0) is 4.79 Å². The summed E-state index contributed by atoms with van der Waals surface area (Å²) in [7, 11) is 1.59. The van der Waals surface area contributed by atoms with Crippen molar-refractivity contribution < 1.29 is 14.6 Å². The molecule has 0 fully saturated rings. The molecule has 3 nitrogen and oxygen atoms in total. The molecule has 0 heterocycles. The number of aliphatic hydroxyl groups excluding tert-OH is 1. The van der Waals surface area contributed by atoms with Crippen LogP contribution >= 0.6 is 0 Å². The zero-order chi connectivity index (χ0) is 10.6. The summed E-state index contributed by atoms with van der Waals surface area (Å²) in [6, 6.07) is 5.27. The van der Waals surface area contributed by atoms with E-state index in [9.17, 15) is 4.79 Å². The van der Waals surface area contributed by atoms with Gasteiger partial charge in [0.25, 0.3) is 0 Å². The lowest BCUT2D eigenvalue weighted by atomic mass is 10.1. The van der Waals surface area contributed by atoms with Gasteiger partial charge in [-0.25, -0.2) is 0 Å². The Morgan fingerprint density at radius 1 is 1.50 bits per heavy atom.